The van der Waals surface area contributed by atoms with E-state index in [-0.39, 0.29) is 9.72 Å². The van der Waals surface area contributed by atoms with Crippen LogP contribution in [0, 0.1) is 5.82 Å². The lowest BCUT2D eigenvalue weighted by atomic mass is 10.0. The number of nitrogens with one attached hydrogen (secondary N) is 1. The topological polar surface area (TPSA) is 46.2 Å². The third kappa shape index (κ3) is 3.50. The fourth-order valence-corrected chi connectivity index (χ4v) is 2.97. The van der Waals surface area contributed by atoms with Gasteiger partial charge in [-0.15, -0.1) is 0 Å². The molecule has 6 heteroatoms. The van der Waals surface area contributed by atoms with E-state index in [4.69, 9.17) is 0 Å². The first-order valence-corrected chi connectivity index (χ1v) is 7.49. The number of hydrogen-bond donors (Lipinski definition) is 1. The molecule has 1 unspecified atom stereocenters. The SMILES string of the molecule is CC(Br)C(C)(C)NS(=O)(=O)c1ccccc1F. The molecule has 0 fully saturated rings. The van der Waals surface area contributed by atoms with Gasteiger partial charge in [0.2, 0.25) is 10.0 Å². The Morgan fingerprint density at radius 3 is 2.35 bits per heavy atom. The first-order chi connectivity index (χ1) is 7.67. The van der Waals surface area contributed by atoms with E-state index in [0.29, 0.717) is 0 Å². The van der Waals surface area contributed by atoms with E-state index in [1.54, 1.807) is 13.8 Å². The Bertz CT molecular complexity index is 500. The van der Waals surface area contributed by atoms with Crippen molar-refractivity contribution >= 4 is 26.0 Å². The summed E-state index contributed by atoms with van der Waals surface area (Å²) >= 11 is 3.32. The van der Waals surface area contributed by atoms with Crippen molar-refractivity contribution in [1.29, 1.82) is 0 Å². The molecule has 1 N–H and O–H groups in total. The molecule has 0 aliphatic carbocycles. The van der Waals surface area contributed by atoms with Crippen molar-refractivity contribution in [3.63, 3.8) is 0 Å². The van der Waals surface area contributed by atoms with Gasteiger partial charge in [0.05, 0.1) is 0 Å². The average Bonchev–Trinajstić information content (AvgIpc) is 2.16. The van der Waals surface area contributed by atoms with Crippen LogP contribution in [-0.4, -0.2) is 18.8 Å². The maximum absolute atomic E-state index is 13.4. The molecule has 0 amide bonds. The second kappa shape index (κ2) is 5.04. The molecular formula is C11H15BrFNO2S. The minimum atomic E-state index is -3.85. The van der Waals surface area contributed by atoms with Crippen LogP contribution in [0.2, 0.25) is 0 Å². The summed E-state index contributed by atoms with van der Waals surface area (Å²) in [4.78, 5) is -0.419. The number of alkyl halides is 1. The highest BCUT2D eigenvalue weighted by atomic mass is 79.9. The number of rotatable bonds is 4. The third-order valence-corrected chi connectivity index (χ3v) is 5.37. The van der Waals surface area contributed by atoms with Gasteiger partial charge in [-0.2, -0.15) is 0 Å². The van der Waals surface area contributed by atoms with Gasteiger partial charge in [-0.25, -0.2) is 17.5 Å². The fourth-order valence-electron chi connectivity index (χ4n) is 1.15. The van der Waals surface area contributed by atoms with E-state index < -0.39 is 21.4 Å². The number of halogens is 2. The van der Waals surface area contributed by atoms with Gasteiger partial charge in [0.15, 0.2) is 0 Å². The van der Waals surface area contributed by atoms with Gasteiger partial charge in [0.25, 0.3) is 0 Å². The van der Waals surface area contributed by atoms with Gasteiger partial charge < -0.3 is 0 Å². The third-order valence-electron chi connectivity index (χ3n) is 2.52. The van der Waals surface area contributed by atoms with Crippen LogP contribution in [0.5, 0.6) is 0 Å². The van der Waals surface area contributed by atoms with Crippen LogP contribution in [0.25, 0.3) is 0 Å². The molecular weight excluding hydrogens is 309 g/mol. The number of benzene rings is 1. The molecule has 0 aromatic heterocycles. The Labute approximate surface area is 110 Å². The highest BCUT2D eigenvalue weighted by Crippen LogP contribution is 2.21. The second-order valence-corrected chi connectivity index (χ2v) is 7.40. The fraction of sp³-hybridized carbons (Fsp3) is 0.455. The summed E-state index contributed by atoms with van der Waals surface area (Å²) in [5.74, 6) is -0.752. The zero-order valence-corrected chi connectivity index (χ0v) is 12.3. The van der Waals surface area contributed by atoms with E-state index in [0.717, 1.165) is 6.07 Å². The van der Waals surface area contributed by atoms with Gasteiger partial charge in [-0.05, 0) is 26.0 Å². The zero-order chi connectivity index (χ0) is 13.3. The van der Waals surface area contributed by atoms with Gasteiger partial charge in [0, 0.05) is 10.4 Å². The molecule has 0 saturated carbocycles. The van der Waals surface area contributed by atoms with E-state index in [1.807, 2.05) is 6.92 Å². The second-order valence-electron chi connectivity index (χ2n) is 4.37. The predicted molar refractivity (Wildman–Crippen MR) is 69.2 cm³/mol. The van der Waals surface area contributed by atoms with E-state index in [9.17, 15) is 12.8 Å². The molecule has 0 bridgehead atoms. The lowest BCUT2D eigenvalue weighted by molar-refractivity contribution is 0.451. The van der Waals surface area contributed by atoms with Crippen LogP contribution < -0.4 is 4.72 Å². The molecule has 1 aromatic rings. The highest BCUT2D eigenvalue weighted by Gasteiger charge is 2.31. The molecule has 0 spiro atoms. The van der Waals surface area contributed by atoms with E-state index in [2.05, 4.69) is 20.7 Å². The van der Waals surface area contributed by atoms with Crippen molar-refractivity contribution in [3.8, 4) is 0 Å². The normalized spacial score (nSPS) is 14.6. The highest BCUT2D eigenvalue weighted by molar-refractivity contribution is 9.09. The standard InChI is InChI=1S/C11H15BrFNO2S/c1-8(12)11(2,3)14-17(15,16)10-7-5-4-6-9(10)13/h4-8,14H,1-3H3. The van der Waals surface area contributed by atoms with Gasteiger partial charge >= 0.3 is 0 Å². The van der Waals surface area contributed by atoms with Crippen molar-refractivity contribution in [2.45, 2.75) is 36.0 Å². The van der Waals surface area contributed by atoms with Crippen molar-refractivity contribution in [2.75, 3.05) is 0 Å². The van der Waals surface area contributed by atoms with Crippen LogP contribution in [0.3, 0.4) is 0 Å². The van der Waals surface area contributed by atoms with Crippen LogP contribution in [-0.2, 0) is 10.0 Å². The summed E-state index contributed by atoms with van der Waals surface area (Å²) in [6.45, 7) is 5.28. The lowest BCUT2D eigenvalue weighted by Crippen LogP contribution is -2.48. The molecule has 1 aromatic carbocycles. The van der Waals surface area contributed by atoms with Gasteiger partial charge in [0.1, 0.15) is 10.7 Å². The van der Waals surface area contributed by atoms with Crippen LogP contribution >= 0.6 is 15.9 Å². The molecule has 0 aliphatic rings. The Hall–Kier alpha value is -0.460. The molecule has 3 nitrogen and oxygen atoms in total. The molecule has 17 heavy (non-hydrogen) atoms. The maximum Gasteiger partial charge on any atom is 0.244 e. The Morgan fingerprint density at radius 1 is 1.35 bits per heavy atom. The summed E-state index contributed by atoms with van der Waals surface area (Å²) in [5.41, 5.74) is -0.707. The number of sulfonamides is 1. The lowest BCUT2D eigenvalue weighted by Gasteiger charge is -2.28. The average molecular weight is 324 g/mol. The smallest absolute Gasteiger partial charge is 0.207 e. The van der Waals surface area contributed by atoms with Gasteiger partial charge in [-0.1, -0.05) is 35.0 Å². The van der Waals surface area contributed by atoms with Crippen molar-refractivity contribution in [2.24, 2.45) is 0 Å². The Morgan fingerprint density at radius 2 is 1.88 bits per heavy atom. The minimum Gasteiger partial charge on any atom is -0.207 e. The summed E-state index contributed by atoms with van der Waals surface area (Å²) in [7, 11) is -3.85. The van der Waals surface area contributed by atoms with Gasteiger partial charge in [-0.3, -0.25) is 0 Å². The Balaban J connectivity index is 3.11. The molecule has 0 radical (unpaired) electrons. The first-order valence-electron chi connectivity index (χ1n) is 5.09. The molecule has 1 rings (SSSR count). The molecule has 96 valence electrons. The van der Waals surface area contributed by atoms with Crippen LogP contribution in [0.15, 0.2) is 29.2 Å². The summed E-state index contributed by atoms with van der Waals surface area (Å²) in [6.07, 6.45) is 0. The number of hydrogen-bond acceptors (Lipinski definition) is 2. The minimum absolute atomic E-state index is 0.0865. The van der Waals surface area contributed by atoms with Crippen molar-refractivity contribution < 1.29 is 12.8 Å². The summed E-state index contributed by atoms with van der Waals surface area (Å²) in [6, 6.07) is 5.31. The largest absolute Gasteiger partial charge is 0.244 e. The predicted octanol–water partition coefficient (Wildman–Crippen LogP) is 2.67. The maximum atomic E-state index is 13.4. The van der Waals surface area contributed by atoms with Crippen molar-refractivity contribution in [3.05, 3.63) is 30.1 Å². The molecule has 0 heterocycles. The molecule has 1 atom stereocenters. The quantitative estimate of drug-likeness (QED) is 0.866. The van der Waals surface area contributed by atoms with Crippen molar-refractivity contribution in [1.82, 2.24) is 4.72 Å². The van der Waals surface area contributed by atoms with Crippen LogP contribution in [0.4, 0.5) is 4.39 Å². The summed E-state index contributed by atoms with van der Waals surface area (Å²) in [5, 5.41) is 0. The monoisotopic (exact) mass is 323 g/mol. The Kier molecular flexibility index (Phi) is 4.33. The van der Waals surface area contributed by atoms with E-state index >= 15 is 0 Å². The van der Waals surface area contributed by atoms with Crippen LogP contribution in [0.1, 0.15) is 20.8 Å². The molecule has 0 saturated heterocycles. The summed E-state index contributed by atoms with van der Waals surface area (Å²) < 4.78 is 39.9. The zero-order valence-electron chi connectivity index (χ0n) is 9.87. The first kappa shape index (κ1) is 14.6. The molecule has 0 aliphatic heterocycles. The van der Waals surface area contributed by atoms with E-state index in [1.165, 1.54) is 18.2 Å².